The van der Waals surface area contributed by atoms with Crippen LogP contribution in [-0.2, 0) is 18.0 Å². The third-order valence-corrected chi connectivity index (χ3v) is 2.07. The second-order valence-corrected chi connectivity index (χ2v) is 3.46. The maximum Gasteiger partial charge on any atom is 0.129 e. The highest BCUT2D eigenvalue weighted by atomic mass is 19.1. The van der Waals surface area contributed by atoms with E-state index >= 15 is 0 Å². The monoisotopic (exact) mass is 221 g/mol. The Morgan fingerprint density at radius 3 is 2.81 bits per heavy atom. The molecule has 1 aromatic heterocycles. The number of benzene rings is 1. The molecule has 2 N–H and O–H groups in total. The first-order chi connectivity index (χ1) is 7.74. The lowest BCUT2D eigenvalue weighted by Crippen LogP contribution is -1.96. The normalized spacial score (nSPS) is 10.6. The van der Waals surface area contributed by atoms with Gasteiger partial charge in [0.2, 0.25) is 0 Å². The lowest BCUT2D eigenvalue weighted by molar-refractivity contribution is 0.0928. The molecule has 0 radical (unpaired) electrons. The molecule has 1 heterocycles. The lowest BCUT2D eigenvalue weighted by Gasteiger charge is -2.04. The zero-order chi connectivity index (χ0) is 11.4. The number of nitrogen functional groups attached to an aromatic ring is 1. The van der Waals surface area contributed by atoms with Crippen molar-refractivity contribution in [3.63, 3.8) is 0 Å². The van der Waals surface area contributed by atoms with Crippen molar-refractivity contribution < 1.29 is 13.5 Å². The highest BCUT2D eigenvalue weighted by molar-refractivity contribution is 5.41. The average Bonchev–Trinajstić information content (AvgIpc) is 2.69. The molecule has 2 rings (SSSR count). The lowest BCUT2D eigenvalue weighted by atomic mass is 10.2. The molecule has 0 saturated heterocycles. The second-order valence-electron chi connectivity index (χ2n) is 3.46. The molecule has 0 unspecified atom stereocenters. The smallest absolute Gasteiger partial charge is 0.129 e. The Bertz CT molecular complexity index is 434. The van der Waals surface area contributed by atoms with Crippen molar-refractivity contribution in [2.45, 2.75) is 13.2 Å². The quantitative estimate of drug-likeness (QED) is 0.807. The van der Waals surface area contributed by atoms with Gasteiger partial charge in [-0.1, -0.05) is 0 Å². The Labute approximate surface area is 92.6 Å². The van der Waals surface area contributed by atoms with Crippen LogP contribution in [0.3, 0.4) is 0 Å². The van der Waals surface area contributed by atoms with Crippen LogP contribution in [0.5, 0.6) is 0 Å². The first-order valence-electron chi connectivity index (χ1n) is 4.89. The number of rotatable bonds is 4. The first kappa shape index (κ1) is 10.7. The van der Waals surface area contributed by atoms with Gasteiger partial charge in [-0.3, -0.25) is 0 Å². The Morgan fingerprint density at radius 1 is 1.25 bits per heavy atom. The highest BCUT2D eigenvalue weighted by Crippen LogP contribution is 2.12. The van der Waals surface area contributed by atoms with Gasteiger partial charge in [-0.2, -0.15) is 0 Å². The van der Waals surface area contributed by atoms with E-state index in [4.69, 9.17) is 14.9 Å². The van der Waals surface area contributed by atoms with Crippen molar-refractivity contribution in [2.75, 3.05) is 5.73 Å². The molecule has 0 aliphatic rings. The van der Waals surface area contributed by atoms with Crippen molar-refractivity contribution in [3.05, 3.63) is 53.7 Å². The third kappa shape index (κ3) is 2.84. The Balaban J connectivity index is 1.89. The number of halogens is 1. The molecule has 1 aromatic carbocycles. The molecule has 0 amide bonds. The van der Waals surface area contributed by atoms with Crippen molar-refractivity contribution in [1.29, 1.82) is 0 Å². The van der Waals surface area contributed by atoms with Crippen molar-refractivity contribution >= 4 is 5.69 Å². The number of hydrogen-bond acceptors (Lipinski definition) is 3. The molecule has 0 aliphatic carbocycles. The van der Waals surface area contributed by atoms with Crippen molar-refractivity contribution in [3.8, 4) is 0 Å². The van der Waals surface area contributed by atoms with Gasteiger partial charge >= 0.3 is 0 Å². The molecule has 84 valence electrons. The van der Waals surface area contributed by atoms with Crippen LogP contribution in [0.25, 0.3) is 0 Å². The molecule has 0 atom stereocenters. The molecule has 3 nitrogen and oxygen atoms in total. The summed E-state index contributed by atoms with van der Waals surface area (Å²) < 4.78 is 23.4. The van der Waals surface area contributed by atoms with Crippen LogP contribution in [-0.4, -0.2) is 0 Å². The SMILES string of the molecule is Nc1cc(F)cc(COCc2ccco2)c1. The Kier molecular flexibility index (Phi) is 3.22. The van der Waals surface area contributed by atoms with Gasteiger partial charge in [0.25, 0.3) is 0 Å². The van der Waals surface area contributed by atoms with Crippen LogP contribution in [0.2, 0.25) is 0 Å². The van der Waals surface area contributed by atoms with Gasteiger partial charge in [-0.25, -0.2) is 4.39 Å². The summed E-state index contributed by atoms with van der Waals surface area (Å²) in [6.07, 6.45) is 1.58. The van der Waals surface area contributed by atoms with E-state index < -0.39 is 0 Å². The summed E-state index contributed by atoms with van der Waals surface area (Å²) in [5, 5.41) is 0. The van der Waals surface area contributed by atoms with Crippen LogP contribution in [0.1, 0.15) is 11.3 Å². The summed E-state index contributed by atoms with van der Waals surface area (Å²) in [6.45, 7) is 0.673. The summed E-state index contributed by atoms with van der Waals surface area (Å²) >= 11 is 0. The van der Waals surface area contributed by atoms with E-state index in [9.17, 15) is 4.39 Å². The van der Waals surface area contributed by atoms with E-state index in [1.54, 1.807) is 18.4 Å². The molecule has 16 heavy (non-hydrogen) atoms. The van der Waals surface area contributed by atoms with Crippen molar-refractivity contribution in [1.82, 2.24) is 0 Å². The number of furan rings is 1. The predicted molar refractivity (Wildman–Crippen MR) is 58.0 cm³/mol. The zero-order valence-corrected chi connectivity index (χ0v) is 8.65. The van der Waals surface area contributed by atoms with E-state index in [0.717, 1.165) is 5.76 Å². The molecule has 0 fully saturated rings. The molecule has 0 aliphatic heterocycles. The summed E-state index contributed by atoms with van der Waals surface area (Å²) in [4.78, 5) is 0. The minimum atomic E-state index is -0.350. The summed E-state index contributed by atoms with van der Waals surface area (Å²) in [5.74, 6) is 0.390. The highest BCUT2D eigenvalue weighted by Gasteiger charge is 2.00. The summed E-state index contributed by atoms with van der Waals surface area (Å²) in [6, 6.07) is 7.97. The van der Waals surface area contributed by atoms with Crippen molar-refractivity contribution in [2.24, 2.45) is 0 Å². The maximum absolute atomic E-state index is 13.0. The number of nitrogens with two attached hydrogens (primary N) is 1. The third-order valence-electron chi connectivity index (χ3n) is 2.07. The fraction of sp³-hybridized carbons (Fsp3) is 0.167. The van der Waals surface area contributed by atoms with E-state index in [0.29, 0.717) is 24.5 Å². The minimum absolute atomic E-state index is 0.308. The Hall–Kier alpha value is -1.81. The molecule has 0 spiro atoms. The van der Waals surface area contributed by atoms with Crippen LogP contribution >= 0.6 is 0 Å². The van der Waals surface area contributed by atoms with Crippen LogP contribution < -0.4 is 5.73 Å². The fourth-order valence-corrected chi connectivity index (χ4v) is 1.42. The van der Waals surface area contributed by atoms with E-state index in [-0.39, 0.29) is 5.82 Å². The number of anilines is 1. The summed E-state index contributed by atoms with van der Waals surface area (Å²) in [5.41, 5.74) is 6.62. The average molecular weight is 221 g/mol. The van der Waals surface area contributed by atoms with Gasteiger partial charge in [0, 0.05) is 5.69 Å². The zero-order valence-electron chi connectivity index (χ0n) is 8.65. The number of hydrogen-bond donors (Lipinski definition) is 1. The van der Waals surface area contributed by atoms with E-state index in [1.807, 2.05) is 6.07 Å². The summed E-state index contributed by atoms with van der Waals surface area (Å²) in [7, 11) is 0. The standard InChI is InChI=1S/C12H12FNO2/c13-10-4-9(5-11(14)6-10)7-15-8-12-2-1-3-16-12/h1-6H,7-8,14H2. The second kappa shape index (κ2) is 4.81. The molecular formula is C12H12FNO2. The van der Waals surface area contributed by atoms with Crippen LogP contribution in [0.4, 0.5) is 10.1 Å². The van der Waals surface area contributed by atoms with Gasteiger partial charge in [0.1, 0.15) is 18.2 Å². The van der Waals surface area contributed by atoms with E-state index in [2.05, 4.69) is 0 Å². The molecule has 4 heteroatoms. The topological polar surface area (TPSA) is 48.4 Å². The van der Waals surface area contributed by atoms with Crippen LogP contribution in [0, 0.1) is 5.82 Å². The molecule has 0 bridgehead atoms. The van der Waals surface area contributed by atoms with E-state index in [1.165, 1.54) is 12.1 Å². The van der Waals surface area contributed by atoms with Gasteiger partial charge in [0.15, 0.2) is 0 Å². The predicted octanol–water partition coefficient (Wildman–Crippen LogP) is 2.72. The van der Waals surface area contributed by atoms with Crippen LogP contribution in [0.15, 0.2) is 41.0 Å². The largest absolute Gasteiger partial charge is 0.467 e. The van der Waals surface area contributed by atoms with Gasteiger partial charge in [-0.15, -0.1) is 0 Å². The fourth-order valence-electron chi connectivity index (χ4n) is 1.42. The molecule has 2 aromatic rings. The van der Waals surface area contributed by atoms with Gasteiger partial charge < -0.3 is 14.9 Å². The van der Waals surface area contributed by atoms with Gasteiger partial charge in [0.05, 0.1) is 12.9 Å². The Morgan fingerprint density at radius 2 is 2.12 bits per heavy atom. The maximum atomic E-state index is 13.0. The first-order valence-corrected chi connectivity index (χ1v) is 4.89. The minimum Gasteiger partial charge on any atom is -0.467 e. The molecule has 0 saturated carbocycles. The number of ether oxygens (including phenoxy) is 1. The molecular weight excluding hydrogens is 209 g/mol. The van der Waals surface area contributed by atoms with Gasteiger partial charge in [-0.05, 0) is 35.9 Å².